The number of nitrogens with one attached hydrogen (secondary N) is 1. The minimum atomic E-state index is 0.00454. The number of carbonyl (C=O) groups excluding carboxylic acids is 1. The smallest absolute Gasteiger partial charge is 0.234 e. The number of hydrogen-bond acceptors (Lipinski definition) is 3. The van der Waals surface area contributed by atoms with Gasteiger partial charge in [0.25, 0.3) is 0 Å². The van der Waals surface area contributed by atoms with Crippen LogP contribution < -0.4 is 5.32 Å². The minimum Gasteiger partial charge on any atom is -0.352 e. The Kier molecular flexibility index (Phi) is 7.57. The number of hydrogen-bond donors (Lipinski definition) is 1. The molecule has 0 aliphatic heterocycles. The summed E-state index contributed by atoms with van der Waals surface area (Å²) in [7, 11) is 0. The summed E-state index contributed by atoms with van der Waals surface area (Å²) in [6.45, 7) is 9.61. The van der Waals surface area contributed by atoms with Gasteiger partial charge in [-0.2, -0.15) is 5.26 Å². The van der Waals surface area contributed by atoms with Crippen LogP contribution in [0.1, 0.15) is 34.1 Å². The SMILES string of the molecule is CCCN(CC#N)CC(=O)NC(C)C(C)C. The van der Waals surface area contributed by atoms with E-state index in [1.807, 2.05) is 18.7 Å². The van der Waals surface area contributed by atoms with Gasteiger partial charge in [0, 0.05) is 6.04 Å². The zero-order valence-corrected chi connectivity index (χ0v) is 10.8. The molecule has 0 heterocycles. The van der Waals surface area contributed by atoms with Gasteiger partial charge >= 0.3 is 0 Å². The van der Waals surface area contributed by atoms with E-state index in [1.165, 1.54) is 0 Å². The quantitative estimate of drug-likeness (QED) is 0.666. The standard InChI is InChI=1S/C12H23N3O/c1-5-7-15(8-6-13)9-12(16)14-11(4)10(2)3/h10-11H,5,7-9H2,1-4H3,(H,14,16). The molecule has 0 aromatic heterocycles. The molecular formula is C12H23N3O. The Bertz CT molecular complexity index is 245. The van der Waals surface area contributed by atoms with Crippen LogP contribution in [0.25, 0.3) is 0 Å². The molecule has 1 amide bonds. The lowest BCUT2D eigenvalue weighted by Gasteiger charge is -2.21. The van der Waals surface area contributed by atoms with Crippen molar-refractivity contribution in [1.82, 2.24) is 10.2 Å². The Balaban J connectivity index is 4.04. The molecule has 0 bridgehead atoms. The van der Waals surface area contributed by atoms with Gasteiger partial charge in [-0.15, -0.1) is 0 Å². The van der Waals surface area contributed by atoms with Gasteiger partial charge in [-0.1, -0.05) is 20.8 Å². The summed E-state index contributed by atoms with van der Waals surface area (Å²) in [6.07, 6.45) is 0.953. The highest BCUT2D eigenvalue weighted by atomic mass is 16.2. The molecule has 92 valence electrons. The van der Waals surface area contributed by atoms with Crippen molar-refractivity contribution in [3.05, 3.63) is 0 Å². The van der Waals surface area contributed by atoms with Gasteiger partial charge < -0.3 is 5.32 Å². The maximum atomic E-state index is 11.7. The zero-order chi connectivity index (χ0) is 12.6. The maximum absolute atomic E-state index is 11.7. The van der Waals surface area contributed by atoms with Crippen LogP contribution in [0.15, 0.2) is 0 Å². The highest BCUT2D eigenvalue weighted by Crippen LogP contribution is 1.99. The maximum Gasteiger partial charge on any atom is 0.234 e. The summed E-state index contributed by atoms with van der Waals surface area (Å²) in [5.41, 5.74) is 0. The summed E-state index contributed by atoms with van der Waals surface area (Å²) in [6, 6.07) is 2.26. The summed E-state index contributed by atoms with van der Waals surface area (Å²) < 4.78 is 0. The molecule has 1 N–H and O–H groups in total. The van der Waals surface area contributed by atoms with Gasteiger partial charge in [0.15, 0.2) is 0 Å². The Labute approximate surface area is 98.6 Å². The Morgan fingerprint density at radius 2 is 2.06 bits per heavy atom. The third-order valence-corrected chi connectivity index (χ3v) is 2.59. The summed E-state index contributed by atoms with van der Waals surface area (Å²) in [5, 5.41) is 11.6. The van der Waals surface area contributed by atoms with Crippen LogP contribution in [-0.4, -0.2) is 36.5 Å². The average molecular weight is 225 g/mol. The van der Waals surface area contributed by atoms with Gasteiger partial charge in [-0.05, 0) is 25.8 Å². The minimum absolute atomic E-state index is 0.00454. The topological polar surface area (TPSA) is 56.1 Å². The van der Waals surface area contributed by atoms with Crippen molar-refractivity contribution in [3.63, 3.8) is 0 Å². The van der Waals surface area contributed by atoms with Gasteiger partial charge in [0.1, 0.15) is 0 Å². The molecule has 1 atom stereocenters. The number of nitrogens with zero attached hydrogens (tertiary/aromatic N) is 2. The first-order chi connectivity index (χ1) is 7.51. The summed E-state index contributed by atoms with van der Waals surface area (Å²) in [4.78, 5) is 13.5. The fourth-order valence-electron chi connectivity index (χ4n) is 1.30. The number of rotatable bonds is 7. The van der Waals surface area contributed by atoms with Crippen LogP contribution in [0, 0.1) is 17.2 Å². The van der Waals surface area contributed by atoms with E-state index in [0.717, 1.165) is 13.0 Å². The third kappa shape index (κ3) is 6.41. The highest BCUT2D eigenvalue weighted by molar-refractivity contribution is 5.78. The average Bonchev–Trinajstić information content (AvgIpc) is 2.17. The van der Waals surface area contributed by atoms with E-state index in [4.69, 9.17) is 5.26 Å². The van der Waals surface area contributed by atoms with Crippen LogP contribution in [-0.2, 0) is 4.79 Å². The molecule has 1 unspecified atom stereocenters. The first-order valence-corrected chi connectivity index (χ1v) is 5.89. The molecule has 0 spiro atoms. The second-order valence-electron chi connectivity index (χ2n) is 4.47. The van der Waals surface area contributed by atoms with Crippen molar-refractivity contribution in [1.29, 1.82) is 5.26 Å². The van der Waals surface area contributed by atoms with E-state index in [-0.39, 0.29) is 11.9 Å². The molecule has 0 saturated carbocycles. The predicted octanol–water partition coefficient (Wildman–Crippen LogP) is 1.38. The lowest BCUT2D eigenvalue weighted by Crippen LogP contribution is -2.43. The van der Waals surface area contributed by atoms with Crippen LogP contribution in [0.4, 0.5) is 0 Å². The molecule has 0 aromatic carbocycles. The number of nitriles is 1. The molecule has 16 heavy (non-hydrogen) atoms. The molecule has 4 nitrogen and oxygen atoms in total. The van der Waals surface area contributed by atoms with E-state index >= 15 is 0 Å². The highest BCUT2D eigenvalue weighted by Gasteiger charge is 2.13. The molecule has 0 aliphatic carbocycles. The van der Waals surface area contributed by atoms with Gasteiger partial charge in [0.05, 0.1) is 19.2 Å². The van der Waals surface area contributed by atoms with Crippen LogP contribution in [0.5, 0.6) is 0 Å². The number of amides is 1. The normalized spacial score (nSPS) is 12.6. The van der Waals surface area contributed by atoms with Crippen LogP contribution in [0.3, 0.4) is 0 Å². The van der Waals surface area contributed by atoms with E-state index in [1.54, 1.807) is 0 Å². The van der Waals surface area contributed by atoms with E-state index in [0.29, 0.717) is 19.0 Å². The van der Waals surface area contributed by atoms with Crippen molar-refractivity contribution < 1.29 is 4.79 Å². The fourth-order valence-corrected chi connectivity index (χ4v) is 1.30. The third-order valence-electron chi connectivity index (χ3n) is 2.59. The van der Waals surface area contributed by atoms with Gasteiger partial charge in [-0.25, -0.2) is 0 Å². The van der Waals surface area contributed by atoms with Crippen molar-refractivity contribution in [3.8, 4) is 6.07 Å². The molecule has 0 saturated heterocycles. The van der Waals surface area contributed by atoms with E-state index in [2.05, 4.69) is 25.2 Å². The fraction of sp³-hybridized carbons (Fsp3) is 0.833. The first kappa shape index (κ1) is 14.9. The van der Waals surface area contributed by atoms with Crippen molar-refractivity contribution in [2.24, 2.45) is 5.92 Å². The van der Waals surface area contributed by atoms with Gasteiger partial charge in [0.2, 0.25) is 5.91 Å². The summed E-state index contributed by atoms with van der Waals surface area (Å²) >= 11 is 0. The Hall–Kier alpha value is -1.08. The monoisotopic (exact) mass is 225 g/mol. The van der Waals surface area contributed by atoms with Crippen LogP contribution >= 0.6 is 0 Å². The second-order valence-corrected chi connectivity index (χ2v) is 4.47. The van der Waals surface area contributed by atoms with Crippen molar-refractivity contribution >= 4 is 5.91 Å². The molecule has 0 aliphatic rings. The zero-order valence-electron chi connectivity index (χ0n) is 10.8. The van der Waals surface area contributed by atoms with E-state index in [9.17, 15) is 4.79 Å². The molecule has 0 radical (unpaired) electrons. The van der Waals surface area contributed by atoms with Crippen molar-refractivity contribution in [2.45, 2.75) is 40.2 Å². The largest absolute Gasteiger partial charge is 0.352 e. The molecule has 0 fully saturated rings. The lowest BCUT2D eigenvalue weighted by atomic mass is 10.1. The van der Waals surface area contributed by atoms with Crippen LogP contribution in [0.2, 0.25) is 0 Å². The molecule has 0 aromatic rings. The lowest BCUT2D eigenvalue weighted by molar-refractivity contribution is -0.123. The van der Waals surface area contributed by atoms with E-state index < -0.39 is 0 Å². The van der Waals surface area contributed by atoms with Gasteiger partial charge in [-0.3, -0.25) is 9.69 Å². The first-order valence-electron chi connectivity index (χ1n) is 5.89. The molecule has 4 heteroatoms. The second kappa shape index (κ2) is 8.12. The van der Waals surface area contributed by atoms with Crippen molar-refractivity contribution in [2.75, 3.05) is 19.6 Å². The summed E-state index contributed by atoms with van der Waals surface area (Å²) in [5.74, 6) is 0.435. The Morgan fingerprint density at radius 1 is 1.44 bits per heavy atom. The molecule has 0 rings (SSSR count). The Morgan fingerprint density at radius 3 is 2.50 bits per heavy atom. The molecular weight excluding hydrogens is 202 g/mol. The predicted molar refractivity (Wildman–Crippen MR) is 64.8 cm³/mol. The number of carbonyl (C=O) groups is 1.